The van der Waals surface area contributed by atoms with Crippen LogP contribution in [0.1, 0.15) is 51.7 Å². The second-order valence-corrected chi connectivity index (χ2v) is 8.60. The number of amides is 1. The summed E-state index contributed by atoms with van der Waals surface area (Å²) in [6, 6.07) is 4.71. The second kappa shape index (κ2) is 8.10. The number of hydrogen-bond acceptors (Lipinski definition) is 7. The molecule has 0 radical (unpaired) electrons. The van der Waals surface area contributed by atoms with Gasteiger partial charge >= 0.3 is 0 Å². The van der Waals surface area contributed by atoms with Crippen molar-refractivity contribution in [2.24, 2.45) is 0 Å². The van der Waals surface area contributed by atoms with E-state index in [2.05, 4.69) is 4.98 Å². The van der Waals surface area contributed by atoms with Crippen molar-refractivity contribution in [1.82, 2.24) is 9.88 Å². The van der Waals surface area contributed by atoms with Gasteiger partial charge in [0.25, 0.3) is 5.91 Å². The molecule has 2 aliphatic heterocycles. The number of fused-ring (bicyclic) bond motifs is 1. The predicted molar refractivity (Wildman–Crippen MR) is 112 cm³/mol. The molecule has 0 saturated heterocycles. The number of carbonyl (C=O) groups excluding carboxylic acids is 2. The molecule has 1 aromatic carbocycles. The Morgan fingerprint density at radius 3 is 2.67 bits per heavy atom. The Hall–Kier alpha value is -2.87. The van der Waals surface area contributed by atoms with Crippen LogP contribution >= 0.6 is 11.3 Å². The number of aliphatic hydroxyl groups excluding tert-OH is 1. The van der Waals surface area contributed by atoms with Crippen molar-refractivity contribution in [3.63, 3.8) is 0 Å². The maximum Gasteiger partial charge on any atom is 0.290 e. The fourth-order valence-corrected chi connectivity index (χ4v) is 4.76. The summed E-state index contributed by atoms with van der Waals surface area (Å²) in [7, 11) is 0. The number of aromatic nitrogens is 1. The van der Waals surface area contributed by atoms with Crippen molar-refractivity contribution in [2.45, 2.75) is 39.7 Å². The molecule has 158 valence electrons. The second-order valence-electron chi connectivity index (χ2n) is 7.40. The molecular weight excluding hydrogens is 404 g/mol. The average molecular weight is 429 g/mol. The van der Waals surface area contributed by atoms with Gasteiger partial charge < -0.3 is 19.5 Å². The lowest BCUT2D eigenvalue weighted by Crippen LogP contribution is -2.32. The highest BCUT2D eigenvalue weighted by Gasteiger charge is 2.44. The highest BCUT2D eigenvalue weighted by molar-refractivity contribution is 7.14. The van der Waals surface area contributed by atoms with Gasteiger partial charge in [0, 0.05) is 6.54 Å². The summed E-state index contributed by atoms with van der Waals surface area (Å²) in [5.74, 6) is -0.163. The molecule has 2 aromatic rings. The number of unbranched alkanes of at least 4 members (excludes halogenated alkanes) is 1. The Kier molecular flexibility index (Phi) is 5.51. The van der Waals surface area contributed by atoms with E-state index in [9.17, 15) is 14.7 Å². The van der Waals surface area contributed by atoms with Crippen LogP contribution in [0.2, 0.25) is 0 Å². The van der Waals surface area contributed by atoms with Crippen LogP contribution < -0.4 is 9.47 Å². The molecule has 4 rings (SSSR count). The van der Waals surface area contributed by atoms with Gasteiger partial charge in [0.1, 0.15) is 13.2 Å². The summed E-state index contributed by atoms with van der Waals surface area (Å²) in [5, 5.41) is 11.5. The molecule has 1 aromatic heterocycles. The number of ether oxygens (including phenoxy) is 2. The van der Waals surface area contributed by atoms with E-state index >= 15 is 0 Å². The van der Waals surface area contributed by atoms with E-state index in [0.29, 0.717) is 47.4 Å². The minimum Gasteiger partial charge on any atom is -0.503 e. The third-order valence-corrected chi connectivity index (χ3v) is 6.36. The van der Waals surface area contributed by atoms with Crippen LogP contribution in [0.4, 0.5) is 0 Å². The zero-order valence-electron chi connectivity index (χ0n) is 17.2. The molecule has 7 nitrogen and oxygen atoms in total. The topological polar surface area (TPSA) is 89.0 Å². The largest absolute Gasteiger partial charge is 0.503 e. The molecule has 0 fully saturated rings. The van der Waals surface area contributed by atoms with Gasteiger partial charge in [0.05, 0.1) is 27.2 Å². The maximum absolute atomic E-state index is 13.4. The van der Waals surface area contributed by atoms with Crippen LogP contribution in [0.15, 0.2) is 29.5 Å². The summed E-state index contributed by atoms with van der Waals surface area (Å²) in [6.07, 6.45) is 1.65. The summed E-state index contributed by atoms with van der Waals surface area (Å²) < 4.78 is 11.3. The average Bonchev–Trinajstić information content (AvgIpc) is 3.21. The van der Waals surface area contributed by atoms with Crippen molar-refractivity contribution in [3.8, 4) is 11.5 Å². The lowest BCUT2D eigenvalue weighted by atomic mass is 9.94. The third-order valence-electron chi connectivity index (χ3n) is 5.29. The first-order valence-corrected chi connectivity index (χ1v) is 10.9. The Bertz CT molecular complexity index is 1040. The Balaban J connectivity index is 1.80. The fourth-order valence-electron chi connectivity index (χ4n) is 3.89. The molecule has 3 heterocycles. The van der Waals surface area contributed by atoms with E-state index in [1.807, 2.05) is 19.9 Å². The summed E-state index contributed by atoms with van der Waals surface area (Å²) in [4.78, 5) is 32.7. The third kappa shape index (κ3) is 3.45. The van der Waals surface area contributed by atoms with E-state index in [0.717, 1.165) is 17.8 Å². The number of nitrogens with zero attached hydrogens (tertiary/aromatic N) is 2. The smallest absolute Gasteiger partial charge is 0.290 e. The van der Waals surface area contributed by atoms with Gasteiger partial charge in [0.2, 0.25) is 5.78 Å². The highest BCUT2D eigenvalue weighted by Crippen LogP contribution is 2.43. The van der Waals surface area contributed by atoms with E-state index < -0.39 is 17.7 Å². The number of aliphatic hydroxyl groups is 1. The molecule has 0 aliphatic carbocycles. The van der Waals surface area contributed by atoms with Crippen LogP contribution in [-0.2, 0) is 4.79 Å². The number of benzene rings is 1. The molecule has 1 unspecified atom stereocenters. The van der Waals surface area contributed by atoms with Gasteiger partial charge in [-0.2, -0.15) is 0 Å². The molecule has 0 bridgehead atoms. The summed E-state index contributed by atoms with van der Waals surface area (Å²) in [5.41, 5.74) is 1.40. The maximum atomic E-state index is 13.4. The minimum atomic E-state index is -0.686. The lowest BCUT2D eigenvalue weighted by molar-refractivity contribution is -0.129. The number of hydrogen-bond donors (Lipinski definition) is 1. The van der Waals surface area contributed by atoms with Crippen LogP contribution in [0.5, 0.6) is 11.5 Å². The van der Waals surface area contributed by atoms with Crippen LogP contribution in [0.3, 0.4) is 0 Å². The van der Waals surface area contributed by atoms with Crippen LogP contribution in [-0.4, -0.2) is 46.4 Å². The molecule has 8 heteroatoms. The van der Waals surface area contributed by atoms with Gasteiger partial charge in [-0.25, -0.2) is 4.98 Å². The normalized spacial score (nSPS) is 18.3. The van der Waals surface area contributed by atoms with Gasteiger partial charge in [-0.1, -0.05) is 19.4 Å². The van der Waals surface area contributed by atoms with Crippen molar-refractivity contribution >= 4 is 23.0 Å². The van der Waals surface area contributed by atoms with Crippen molar-refractivity contribution in [3.05, 3.63) is 50.7 Å². The molecular formula is C22H24N2O5S. The molecule has 1 N–H and O–H groups in total. The molecule has 2 aliphatic rings. The van der Waals surface area contributed by atoms with Gasteiger partial charge in [-0.15, -0.1) is 11.3 Å². The number of aryl methyl sites for hydroxylation is 2. The molecule has 1 atom stereocenters. The minimum absolute atomic E-state index is 0.0968. The predicted octanol–water partition coefficient (Wildman–Crippen LogP) is 3.91. The Morgan fingerprint density at radius 1 is 1.27 bits per heavy atom. The molecule has 0 saturated carbocycles. The Labute approximate surface area is 178 Å². The first kappa shape index (κ1) is 20.4. The first-order chi connectivity index (χ1) is 14.4. The number of Topliss-reactive ketones (excluding diaryl/α,β-unsaturated/α-hetero) is 1. The Morgan fingerprint density at radius 2 is 2.00 bits per heavy atom. The summed E-state index contributed by atoms with van der Waals surface area (Å²) >= 11 is 1.27. The van der Waals surface area contributed by atoms with Gasteiger partial charge in [-0.05, 0) is 38.0 Å². The van der Waals surface area contributed by atoms with Crippen LogP contribution in [0.25, 0.3) is 0 Å². The number of rotatable bonds is 6. The van der Waals surface area contributed by atoms with Gasteiger partial charge in [0.15, 0.2) is 17.3 Å². The SMILES string of the molecule is CCCCN1C(=O)C(O)=C(C(=O)c2sc(C)nc2C)C1c1ccc2c(c1)OCCO2. The van der Waals surface area contributed by atoms with E-state index in [1.165, 1.54) is 11.3 Å². The number of carbonyl (C=O) groups is 2. The molecule has 1 amide bonds. The fraction of sp³-hybridized carbons (Fsp3) is 0.409. The molecule has 30 heavy (non-hydrogen) atoms. The van der Waals surface area contributed by atoms with Crippen molar-refractivity contribution in [2.75, 3.05) is 19.8 Å². The number of thiazole rings is 1. The number of ketones is 1. The van der Waals surface area contributed by atoms with Crippen molar-refractivity contribution in [1.29, 1.82) is 0 Å². The zero-order chi connectivity index (χ0) is 21.4. The van der Waals surface area contributed by atoms with Crippen LogP contribution in [0, 0.1) is 13.8 Å². The molecule has 0 spiro atoms. The monoisotopic (exact) mass is 428 g/mol. The first-order valence-electron chi connectivity index (χ1n) is 10.0. The van der Waals surface area contributed by atoms with E-state index in [4.69, 9.17) is 9.47 Å². The zero-order valence-corrected chi connectivity index (χ0v) is 18.0. The quantitative estimate of drug-likeness (QED) is 0.702. The highest BCUT2D eigenvalue weighted by atomic mass is 32.1. The van der Waals surface area contributed by atoms with Gasteiger partial charge in [-0.3, -0.25) is 9.59 Å². The van der Waals surface area contributed by atoms with E-state index in [-0.39, 0.29) is 11.4 Å². The van der Waals surface area contributed by atoms with E-state index in [1.54, 1.807) is 24.0 Å². The lowest BCUT2D eigenvalue weighted by Gasteiger charge is -2.28. The van der Waals surface area contributed by atoms with Crippen molar-refractivity contribution < 1.29 is 24.2 Å². The summed E-state index contributed by atoms with van der Waals surface area (Å²) in [6.45, 7) is 6.98. The standard InChI is InChI=1S/C22H24N2O5S/c1-4-5-8-24-18(14-6-7-15-16(11-14)29-10-9-28-15)17(20(26)22(24)27)19(25)21-12(2)23-13(3)30-21/h6-7,11,18,26H,4-5,8-10H2,1-3H3.